The van der Waals surface area contributed by atoms with Crippen LogP contribution in [0.4, 0.5) is 0 Å². The maximum atomic E-state index is 12.9. The molecule has 1 heterocycles. The molecule has 0 spiro atoms. The maximum absolute atomic E-state index is 12.9. The molecule has 1 saturated heterocycles. The Kier molecular flexibility index (Phi) is 10.7. The van der Waals surface area contributed by atoms with E-state index in [2.05, 4.69) is 15.5 Å². The number of nitrogens with one attached hydrogen (secondary N) is 2. The first-order valence-electron chi connectivity index (χ1n) is 11.6. The van der Waals surface area contributed by atoms with Gasteiger partial charge in [-0.1, -0.05) is 52.5 Å². The molecule has 36 heavy (non-hydrogen) atoms. The van der Waals surface area contributed by atoms with Gasteiger partial charge >= 0.3 is 0 Å². The fourth-order valence-electron chi connectivity index (χ4n) is 4.05. The van der Waals surface area contributed by atoms with Crippen molar-refractivity contribution in [1.29, 1.82) is 0 Å². The monoisotopic (exact) mass is 572 g/mol. The number of hydrogen-bond acceptors (Lipinski definition) is 4. The molecule has 0 aromatic heterocycles. The molecular formula is C25H28Cl4N4O3. The number of benzene rings is 2. The van der Waals surface area contributed by atoms with Crippen LogP contribution >= 0.6 is 46.4 Å². The molecular weight excluding hydrogens is 546 g/mol. The summed E-state index contributed by atoms with van der Waals surface area (Å²) < 4.78 is 0. The van der Waals surface area contributed by atoms with Gasteiger partial charge in [0.1, 0.15) is 6.04 Å². The van der Waals surface area contributed by atoms with E-state index in [0.717, 1.165) is 38.0 Å². The van der Waals surface area contributed by atoms with E-state index in [1.54, 1.807) is 6.07 Å². The van der Waals surface area contributed by atoms with Gasteiger partial charge in [0.05, 0.1) is 20.1 Å². The summed E-state index contributed by atoms with van der Waals surface area (Å²) in [6, 6.07) is 9.19. The summed E-state index contributed by atoms with van der Waals surface area (Å²) in [5.74, 6) is -1.09. The number of nitrogens with two attached hydrogens (primary N) is 1. The normalized spacial score (nSPS) is 15.3. The molecule has 1 fully saturated rings. The molecule has 4 N–H and O–H groups in total. The smallest absolute Gasteiger partial charge is 0.251 e. The topological polar surface area (TPSA) is 105 Å². The Balaban J connectivity index is 1.50. The second kappa shape index (κ2) is 13.5. The molecule has 7 nitrogen and oxygen atoms in total. The lowest BCUT2D eigenvalue weighted by molar-refractivity contribution is -0.123. The van der Waals surface area contributed by atoms with Crippen molar-refractivity contribution in [3.05, 3.63) is 67.6 Å². The standard InChI is InChI=1S/C25H28Cl4N4O3/c26-18-3-1-16(11-20(18)28)14-33-9-7-15(8-10-33)13-31-25(36)22(5-6-23(30)34)32-24(35)17-2-4-19(27)21(29)12-17/h1-4,11-12,15,22H,5-10,13-14H2,(H2,30,34)(H,31,36)(H,32,35)/t22-/m0/s1. The average Bonchev–Trinajstić information content (AvgIpc) is 2.84. The Hall–Kier alpha value is -2.03. The quantitative estimate of drug-likeness (QED) is 0.383. The predicted octanol–water partition coefficient (Wildman–Crippen LogP) is 4.69. The first-order chi connectivity index (χ1) is 17.1. The van der Waals surface area contributed by atoms with Crippen molar-refractivity contribution in [3.63, 3.8) is 0 Å². The fourth-order valence-corrected chi connectivity index (χ4v) is 4.67. The summed E-state index contributed by atoms with van der Waals surface area (Å²) in [6.07, 6.45) is 1.90. The number of carbonyl (C=O) groups is 3. The van der Waals surface area contributed by atoms with Gasteiger partial charge in [-0.25, -0.2) is 0 Å². The maximum Gasteiger partial charge on any atom is 0.251 e. The predicted molar refractivity (Wildman–Crippen MR) is 144 cm³/mol. The van der Waals surface area contributed by atoms with Crippen molar-refractivity contribution in [2.24, 2.45) is 11.7 Å². The van der Waals surface area contributed by atoms with Crippen LogP contribution in [0.5, 0.6) is 0 Å². The van der Waals surface area contributed by atoms with E-state index in [9.17, 15) is 14.4 Å². The van der Waals surface area contributed by atoms with Crippen molar-refractivity contribution in [2.45, 2.75) is 38.3 Å². The largest absolute Gasteiger partial charge is 0.370 e. The van der Waals surface area contributed by atoms with Crippen LogP contribution in [0.25, 0.3) is 0 Å². The third-order valence-corrected chi connectivity index (χ3v) is 7.62. The molecule has 2 aromatic rings. The number of piperidine rings is 1. The van der Waals surface area contributed by atoms with Gasteiger partial charge in [0.15, 0.2) is 0 Å². The third kappa shape index (κ3) is 8.53. The van der Waals surface area contributed by atoms with Crippen LogP contribution in [0, 0.1) is 5.92 Å². The second-order valence-corrected chi connectivity index (χ2v) is 10.5. The average molecular weight is 574 g/mol. The molecule has 0 aliphatic carbocycles. The van der Waals surface area contributed by atoms with Crippen molar-refractivity contribution in [1.82, 2.24) is 15.5 Å². The van der Waals surface area contributed by atoms with Gasteiger partial charge < -0.3 is 16.4 Å². The number of nitrogens with zero attached hydrogens (tertiary/aromatic N) is 1. The highest BCUT2D eigenvalue weighted by molar-refractivity contribution is 6.42. The zero-order valence-corrected chi connectivity index (χ0v) is 22.6. The van der Waals surface area contributed by atoms with E-state index in [1.165, 1.54) is 18.2 Å². The fraction of sp³-hybridized carbons (Fsp3) is 0.400. The summed E-state index contributed by atoms with van der Waals surface area (Å²) in [5.41, 5.74) is 6.62. The summed E-state index contributed by atoms with van der Waals surface area (Å²) in [5, 5.41) is 7.24. The van der Waals surface area contributed by atoms with Crippen LogP contribution in [-0.4, -0.2) is 48.3 Å². The molecule has 1 atom stereocenters. The van der Waals surface area contributed by atoms with Gasteiger partial charge in [0.25, 0.3) is 5.91 Å². The van der Waals surface area contributed by atoms with Crippen LogP contribution < -0.4 is 16.4 Å². The minimum Gasteiger partial charge on any atom is -0.370 e. The minimum atomic E-state index is -0.908. The van der Waals surface area contributed by atoms with E-state index >= 15 is 0 Å². The molecule has 0 unspecified atom stereocenters. The van der Waals surface area contributed by atoms with Crippen LogP contribution in [0.15, 0.2) is 36.4 Å². The number of likely N-dealkylation sites (tertiary alicyclic amines) is 1. The van der Waals surface area contributed by atoms with Crippen LogP contribution in [0.2, 0.25) is 20.1 Å². The van der Waals surface area contributed by atoms with Crippen molar-refractivity contribution in [3.8, 4) is 0 Å². The van der Waals surface area contributed by atoms with Gasteiger partial charge in [-0.15, -0.1) is 0 Å². The Morgan fingerprint density at radius 3 is 2.19 bits per heavy atom. The van der Waals surface area contributed by atoms with Gasteiger partial charge in [-0.05, 0) is 74.2 Å². The lowest BCUT2D eigenvalue weighted by Crippen LogP contribution is -2.48. The Morgan fingerprint density at radius 2 is 1.58 bits per heavy atom. The van der Waals surface area contributed by atoms with E-state index in [1.807, 2.05) is 12.1 Å². The molecule has 2 aromatic carbocycles. The minimum absolute atomic E-state index is 0.0349. The van der Waals surface area contributed by atoms with Crippen molar-refractivity contribution >= 4 is 64.1 Å². The molecule has 11 heteroatoms. The van der Waals surface area contributed by atoms with Crippen molar-refractivity contribution in [2.75, 3.05) is 19.6 Å². The highest BCUT2D eigenvalue weighted by Crippen LogP contribution is 2.25. The Labute approximate surface area is 230 Å². The van der Waals surface area contributed by atoms with Crippen LogP contribution in [0.3, 0.4) is 0 Å². The van der Waals surface area contributed by atoms with E-state index < -0.39 is 17.9 Å². The first-order valence-corrected chi connectivity index (χ1v) is 13.1. The van der Waals surface area contributed by atoms with E-state index in [4.69, 9.17) is 52.1 Å². The van der Waals surface area contributed by atoms with E-state index in [0.29, 0.717) is 27.5 Å². The van der Waals surface area contributed by atoms with Crippen LogP contribution in [0.1, 0.15) is 41.6 Å². The molecule has 1 aliphatic heterocycles. The van der Waals surface area contributed by atoms with Gasteiger partial charge in [0, 0.05) is 25.1 Å². The van der Waals surface area contributed by atoms with E-state index in [-0.39, 0.29) is 29.3 Å². The lowest BCUT2D eigenvalue weighted by Gasteiger charge is -2.32. The number of primary amides is 1. The molecule has 194 valence electrons. The molecule has 3 rings (SSSR count). The SMILES string of the molecule is NC(=O)CC[C@H](NC(=O)c1ccc(Cl)c(Cl)c1)C(=O)NCC1CCN(Cc2ccc(Cl)c(Cl)c2)CC1. The third-order valence-electron chi connectivity index (χ3n) is 6.15. The number of amides is 3. The molecule has 0 saturated carbocycles. The molecule has 0 bridgehead atoms. The van der Waals surface area contributed by atoms with Crippen molar-refractivity contribution < 1.29 is 14.4 Å². The summed E-state index contributed by atoms with van der Waals surface area (Å²) in [7, 11) is 0. The van der Waals surface area contributed by atoms with Crippen LogP contribution in [-0.2, 0) is 16.1 Å². The van der Waals surface area contributed by atoms with Gasteiger partial charge in [-0.2, -0.15) is 0 Å². The zero-order valence-electron chi connectivity index (χ0n) is 19.5. The first kappa shape index (κ1) is 28.5. The molecule has 1 aliphatic rings. The van der Waals surface area contributed by atoms with Gasteiger partial charge in [-0.3, -0.25) is 19.3 Å². The molecule has 3 amide bonds. The number of halogens is 4. The number of hydrogen-bond donors (Lipinski definition) is 3. The summed E-state index contributed by atoms with van der Waals surface area (Å²) >= 11 is 24.0. The summed E-state index contributed by atoms with van der Waals surface area (Å²) in [4.78, 5) is 39.2. The highest BCUT2D eigenvalue weighted by atomic mass is 35.5. The number of carbonyl (C=O) groups excluding carboxylic acids is 3. The number of rotatable bonds is 10. The van der Waals surface area contributed by atoms with Gasteiger partial charge in [0.2, 0.25) is 11.8 Å². The highest BCUT2D eigenvalue weighted by Gasteiger charge is 2.25. The Bertz CT molecular complexity index is 1110. The zero-order chi connectivity index (χ0) is 26.2. The summed E-state index contributed by atoms with van der Waals surface area (Å²) in [6.45, 7) is 3.04. The molecule has 0 radical (unpaired) electrons. The second-order valence-electron chi connectivity index (χ2n) is 8.87. The Morgan fingerprint density at radius 1 is 0.944 bits per heavy atom. The lowest BCUT2D eigenvalue weighted by atomic mass is 9.96.